The van der Waals surface area contributed by atoms with Crippen molar-refractivity contribution < 1.29 is 52.9 Å². The summed E-state index contributed by atoms with van der Waals surface area (Å²) in [4.78, 5) is 0. The van der Waals surface area contributed by atoms with Crippen molar-refractivity contribution >= 4 is 16.2 Å². The SMILES string of the molecule is COc1cc2cccc(C)c2[cH-]1.C[Si](C)=[Zr+2].[Cl-].[Cl-].c1cc[cH-]c1. The number of hydrogen-bond donors (Lipinski definition) is 0. The Kier molecular flexibility index (Phi) is 15.2. The molecule has 0 fully saturated rings. The van der Waals surface area contributed by atoms with E-state index in [1.54, 1.807) is 30.4 Å². The average molecular weight is 445 g/mol. The first-order valence-electron chi connectivity index (χ1n) is 6.93. The summed E-state index contributed by atoms with van der Waals surface area (Å²) in [7, 11) is 1.70. The first kappa shape index (κ1) is 24.9. The van der Waals surface area contributed by atoms with Crippen LogP contribution >= 0.6 is 0 Å². The zero-order chi connectivity index (χ0) is 15.7. The normalized spacial score (nSPS) is 8.43. The number of methoxy groups -OCH3 is 1. The second kappa shape index (κ2) is 14.0. The van der Waals surface area contributed by atoms with Crippen molar-refractivity contribution in [2.75, 3.05) is 7.11 Å². The number of hydrogen-bond acceptors (Lipinski definition) is 1. The van der Waals surface area contributed by atoms with Gasteiger partial charge in [0.15, 0.2) is 0 Å². The van der Waals surface area contributed by atoms with Gasteiger partial charge in [-0.2, -0.15) is 18.2 Å². The molecule has 3 aromatic rings. The topological polar surface area (TPSA) is 9.23 Å². The van der Waals surface area contributed by atoms with E-state index in [0.717, 1.165) is 5.75 Å². The average Bonchev–Trinajstić information content (AvgIpc) is 3.11. The Balaban J connectivity index is 0. The van der Waals surface area contributed by atoms with Crippen LogP contribution in [0.25, 0.3) is 10.8 Å². The zero-order valence-corrected chi connectivity index (χ0v) is 18.9. The molecule has 0 aliphatic rings. The summed E-state index contributed by atoms with van der Waals surface area (Å²) >= 11 is 1.74. The summed E-state index contributed by atoms with van der Waals surface area (Å²) in [6, 6.07) is 20.4. The molecule has 0 aliphatic heterocycles. The molecule has 1 nitrogen and oxygen atoms in total. The van der Waals surface area contributed by atoms with E-state index in [4.69, 9.17) is 4.74 Å². The van der Waals surface area contributed by atoms with Gasteiger partial charge in [0.1, 0.15) is 0 Å². The fraction of sp³-hybridized carbons (Fsp3) is 0.222. The molecule has 3 aromatic carbocycles. The van der Waals surface area contributed by atoms with Gasteiger partial charge in [0.2, 0.25) is 0 Å². The third kappa shape index (κ3) is 10.2. The van der Waals surface area contributed by atoms with E-state index in [0.29, 0.717) is 0 Å². The van der Waals surface area contributed by atoms with E-state index in [9.17, 15) is 0 Å². The van der Waals surface area contributed by atoms with Gasteiger partial charge in [-0.25, -0.2) is 12.1 Å². The molecule has 0 saturated carbocycles. The van der Waals surface area contributed by atoms with Crippen molar-refractivity contribution in [1.82, 2.24) is 0 Å². The van der Waals surface area contributed by atoms with Crippen molar-refractivity contribution in [1.29, 1.82) is 0 Å². The van der Waals surface area contributed by atoms with Gasteiger partial charge >= 0.3 is 41.9 Å². The first-order chi connectivity index (χ1) is 10.0. The molecule has 0 aromatic heterocycles. The minimum atomic E-state index is 0. The standard InChI is InChI=1S/C11H11O.C5H5.C2H6Si.2ClH.Zr/c1-8-4-3-5-9-6-10(12-2)7-11(8)9;1-2-4-5-3-1;1-3-2;;;/h3-7H,1-2H3;1-5H;1-2H3;2*1H;/q2*-1;;;;+2/p-2. The van der Waals surface area contributed by atoms with Gasteiger partial charge < -0.3 is 29.6 Å². The Labute approximate surface area is 167 Å². The number of rotatable bonds is 1. The molecule has 0 radical (unpaired) electrons. The van der Waals surface area contributed by atoms with Crippen molar-refractivity contribution in [3.8, 4) is 5.75 Å². The number of benzene rings is 1. The molecule has 5 heteroatoms. The molecular formula is C18H22Cl2OSiZr-2. The summed E-state index contributed by atoms with van der Waals surface area (Å²) in [5, 5.41) is 2.54. The molecule has 0 aliphatic carbocycles. The number of halogens is 2. The molecule has 0 amide bonds. The fourth-order valence-corrected chi connectivity index (χ4v) is 1.80. The van der Waals surface area contributed by atoms with Crippen LogP contribution in [0.4, 0.5) is 0 Å². The van der Waals surface area contributed by atoms with Gasteiger partial charge in [-0.1, -0.05) is 13.0 Å². The Hall–Kier alpha value is -0.340. The Morgan fingerprint density at radius 2 is 1.61 bits per heavy atom. The number of aryl methyl sites for hydroxylation is 1. The van der Waals surface area contributed by atoms with Crippen molar-refractivity contribution in [2.45, 2.75) is 20.0 Å². The molecule has 23 heavy (non-hydrogen) atoms. The molecular weight excluding hydrogens is 422 g/mol. The molecule has 0 atom stereocenters. The van der Waals surface area contributed by atoms with E-state index < -0.39 is 0 Å². The second-order valence-electron chi connectivity index (χ2n) is 4.94. The Bertz CT molecular complexity index is 642. The van der Waals surface area contributed by atoms with E-state index in [1.165, 1.54) is 16.3 Å². The molecule has 0 heterocycles. The molecule has 0 bridgehead atoms. The van der Waals surface area contributed by atoms with Gasteiger partial charge in [0.25, 0.3) is 0 Å². The van der Waals surface area contributed by atoms with Crippen LogP contribution in [0.3, 0.4) is 0 Å². The summed E-state index contributed by atoms with van der Waals surface area (Å²) in [5.41, 5.74) is 1.51. The van der Waals surface area contributed by atoms with Crippen LogP contribution in [-0.2, 0) is 23.3 Å². The fourth-order valence-electron chi connectivity index (χ4n) is 1.80. The van der Waals surface area contributed by atoms with Gasteiger partial charge in [0.05, 0.1) is 7.11 Å². The predicted octanol–water partition coefficient (Wildman–Crippen LogP) is -0.926. The van der Waals surface area contributed by atoms with E-state index in [-0.39, 0.29) is 30.2 Å². The molecule has 3 rings (SSSR count). The van der Waals surface area contributed by atoms with Crippen molar-refractivity contribution in [2.24, 2.45) is 0 Å². The molecule has 0 N–H and O–H groups in total. The van der Waals surface area contributed by atoms with E-state index >= 15 is 0 Å². The predicted molar refractivity (Wildman–Crippen MR) is 90.3 cm³/mol. The van der Waals surface area contributed by atoms with Crippen LogP contribution in [-0.4, -0.2) is 12.5 Å². The quantitative estimate of drug-likeness (QED) is 0.348. The maximum atomic E-state index is 5.15. The zero-order valence-electron chi connectivity index (χ0n) is 13.9. The summed E-state index contributed by atoms with van der Waals surface area (Å²) in [5.74, 6) is 0.944. The maximum Gasteiger partial charge on any atom is -0.172 e. The summed E-state index contributed by atoms with van der Waals surface area (Å²) in [6.45, 7) is 6.73. The van der Waals surface area contributed by atoms with E-state index in [2.05, 4.69) is 50.3 Å². The van der Waals surface area contributed by atoms with Gasteiger partial charge in [-0.05, 0) is 0 Å². The van der Waals surface area contributed by atoms with Crippen LogP contribution in [0.5, 0.6) is 5.75 Å². The van der Waals surface area contributed by atoms with Crippen molar-refractivity contribution in [3.05, 3.63) is 66.2 Å². The number of fused-ring (bicyclic) bond motifs is 1. The molecule has 124 valence electrons. The van der Waals surface area contributed by atoms with E-state index in [1.807, 2.05) is 30.3 Å². The third-order valence-electron chi connectivity index (χ3n) is 2.73. The van der Waals surface area contributed by atoms with Crippen LogP contribution in [0.1, 0.15) is 5.56 Å². The molecule has 0 unspecified atom stereocenters. The van der Waals surface area contributed by atoms with Crippen LogP contribution < -0.4 is 29.6 Å². The maximum absolute atomic E-state index is 5.15. The van der Waals surface area contributed by atoms with Crippen LogP contribution in [0.2, 0.25) is 13.1 Å². The van der Waals surface area contributed by atoms with Crippen LogP contribution in [0, 0.1) is 6.92 Å². The van der Waals surface area contributed by atoms with Crippen LogP contribution in [0.15, 0.2) is 60.7 Å². The summed E-state index contributed by atoms with van der Waals surface area (Å²) in [6.07, 6.45) is 0. The summed E-state index contributed by atoms with van der Waals surface area (Å²) < 4.78 is 5.15. The molecule has 0 spiro atoms. The number of ether oxygens (including phenoxy) is 1. The van der Waals surface area contributed by atoms with Crippen molar-refractivity contribution in [3.63, 3.8) is 0 Å². The Morgan fingerprint density at radius 3 is 2.00 bits per heavy atom. The van der Waals surface area contributed by atoms with Gasteiger partial charge in [-0.15, -0.1) is 40.6 Å². The smallest absolute Gasteiger partial charge is 0.172 e. The second-order valence-corrected chi connectivity index (χ2v) is 14.3. The largest absolute Gasteiger partial charge is 1.00 e. The van der Waals surface area contributed by atoms with Gasteiger partial charge in [0, 0.05) is 5.75 Å². The van der Waals surface area contributed by atoms with Gasteiger partial charge in [-0.3, -0.25) is 0 Å². The molecule has 0 saturated heterocycles. The third-order valence-corrected chi connectivity index (χ3v) is 2.73. The minimum absolute atomic E-state index is 0. The Morgan fingerprint density at radius 1 is 1.04 bits per heavy atom. The minimum Gasteiger partial charge on any atom is -1.00 e. The monoisotopic (exact) mass is 442 g/mol. The first-order valence-corrected chi connectivity index (χ1v) is 13.1.